The zero-order chi connectivity index (χ0) is 20.8. The number of aromatic nitrogens is 3. The Morgan fingerprint density at radius 1 is 1.17 bits per heavy atom. The Morgan fingerprint density at radius 3 is 2.59 bits per heavy atom. The van der Waals surface area contributed by atoms with Crippen molar-refractivity contribution in [3.63, 3.8) is 0 Å². The van der Waals surface area contributed by atoms with Crippen LogP contribution in [-0.4, -0.2) is 33.8 Å². The number of ether oxygens (including phenoxy) is 3. The highest BCUT2D eigenvalue weighted by atomic mass is 16.6. The van der Waals surface area contributed by atoms with Crippen LogP contribution in [0, 0.1) is 10.1 Å². The molecule has 0 fully saturated rings. The van der Waals surface area contributed by atoms with Crippen LogP contribution in [-0.2, 0) is 6.61 Å². The van der Waals surface area contributed by atoms with Crippen molar-refractivity contribution in [2.24, 2.45) is 5.73 Å². The highest BCUT2D eigenvalue weighted by Gasteiger charge is 2.17. The van der Waals surface area contributed by atoms with Gasteiger partial charge in [0.25, 0.3) is 5.69 Å². The first kappa shape index (κ1) is 20.1. The number of hydrogen-bond acceptors (Lipinski definition) is 8. The lowest BCUT2D eigenvalue weighted by molar-refractivity contribution is -0.384. The molecule has 0 bridgehead atoms. The minimum absolute atomic E-state index is 0.00365. The molecule has 0 aliphatic rings. The van der Waals surface area contributed by atoms with Gasteiger partial charge in [0.1, 0.15) is 12.4 Å². The van der Waals surface area contributed by atoms with E-state index < -0.39 is 11.0 Å². The Balaban J connectivity index is 1.66. The Bertz CT molecular complexity index is 973. The fraction of sp³-hybridized carbons (Fsp3) is 0.263. The topological polar surface area (TPSA) is 138 Å². The molecule has 0 radical (unpaired) electrons. The summed E-state index contributed by atoms with van der Waals surface area (Å²) in [6.07, 6.45) is 0. The molecule has 0 saturated heterocycles. The number of methoxy groups -OCH3 is 1. The van der Waals surface area contributed by atoms with Gasteiger partial charge in [0.05, 0.1) is 24.7 Å². The van der Waals surface area contributed by atoms with E-state index in [-0.39, 0.29) is 12.3 Å². The maximum atomic E-state index is 10.7. The number of nitro benzene ring substituents is 1. The smallest absolute Gasteiger partial charge is 0.269 e. The van der Waals surface area contributed by atoms with Crippen LogP contribution in [0.1, 0.15) is 30.2 Å². The number of hydrogen-bond donors (Lipinski definition) is 2. The highest BCUT2D eigenvalue weighted by Crippen LogP contribution is 2.31. The Hall–Kier alpha value is -3.66. The third-order valence-electron chi connectivity index (χ3n) is 4.10. The second-order valence-corrected chi connectivity index (χ2v) is 6.00. The molecule has 29 heavy (non-hydrogen) atoms. The fourth-order valence-electron chi connectivity index (χ4n) is 2.63. The molecule has 10 heteroatoms. The minimum atomic E-state index is -0.566. The second kappa shape index (κ2) is 9.02. The van der Waals surface area contributed by atoms with Crippen molar-refractivity contribution in [3.8, 4) is 17.2 Å². The maximum Gasteiger partial charge on any atom is 0.269 e. The van der Waals surface area contributed by atoms with Crippen molar-refractivity contribution in [1.82, 2.24) is 15.2 Å². The molecule has 0 aliphatic heterocycles. The van der Waals surface area contributed by atoms with E-state index in [1.165, 1.54) is 24.3 Å². The SMILES string of the molecule is CCOc1ccc([C@H](N)c2n[nH]c(COc3ccc([N+](=O)[O-])cc3)n2)cc1OC. The van der Waals surface area contributed by atoms with Crippen LogP contribution in [0.15, 0.2) is 42.5 Å². The van der Waals surface area contributed by atoms with Crippen LogP contribution >= 0.6 is 0 Å². The van der Waals surface area contributed by atoms with E-state index in [4.69, 9.17) is 19.9 Å². The molecule has 0 spiro atoms. The molecule has 152 valence electrons. The number of nitro groups is 1. The molecule has 10 nitrogen and oxygen atoms in total. The van der Waals surface area contributed by atoms with Gasteiger partial charge < -0.3 is 19.9 Å². The number of nitrogens with zero attached hydrogens (tertiary/aromatic N) is 3. The van der Waals surface area contributed by atoms with Crippen molar-refractivity contribution in [2.75, 3.05) is 13.7 Å². The molecule has 1 heterocycles. The zero-order valence-electron chi connectivity index (χ0n) is 16.0. The standard InChI is InChI=1S/C19H21N5O5/c1-3-28-15-9-4-12(10-16(15)27-2)18(20)19-21-17(22-23-19)11-29-14-7-5-13(6-8-14)24(25)26/h4-10,18H,3,11,20H2,1-2H3,(H,21,22,23)/t18-/m0/s1. The molecule has 0 saturated carbocycles. The molecule has 1 atom stereocenters. The molecule has 1 aromatic heterocycles. The summed E-state index contributed by atoms with van der Waals surface area (Å²) < 4.78 is 16.4. The number of nitrogens with two attached hydrogens (primary N) is 1. The van der Waals surface area contributed by atoms with Crippen molar-refractivity contribution in [2.45, 2.75) is 19.6 Å². The number of non-ortho nitro benzene ring substituents is 1. The number of nitrogens with one attached hydrogen (secondary N) is 1. The van der Waals surface area contributed by atoms with Crippen LogP contribution in [0.4, 0.5) is 5.69 Å². The lowest BCUT2D eigenvalue weighted by Crippen LogP contribution is -2.14. The van der Waals surface area contributed by atoms with E-state index in [9.17, 15) is 10.1 Å². The van der Waals surface area contributed by atoms with Gasteiger partial charge in [-0.25, -0.2) is 4.98 Å². The van der Waals surface area contributed by atoms with E-state index in [0.29, 0.717) is 35.5 Å². The van der Waals surface area contributed by atoms with Crippen LogP contribution in [0.2, 0.25) is 0 Å². The summed E-state index contributed by atoms with van der Waals surface area (Å²) in [6, 6.07) is 10.6. The third-order valence-corrected chi connectivity index (χ3v) is 4.10. The minimum Gasteiger partial charge on any atom is -0.493 e. The van der Waals surface area contributed by atoms with Gasteiger partial charge in [-0.3, -0.25) is 15.2 Å². The van der Waals surface area contributed by atoms with Gasteiger partial charge in [0, 0.05) is 12.1 Å². The number of aromatic amines is 1. The summed E-state index contributed by atoms with van der Waals surface area (Å²) in [5, 5.41) is 17.6. The first-order valence-electron chi connectivity index (χ1n) is 8.86. The summed E-state index contributed by atoms with van der Waals surface area (Å²) in [4.78, 5) is 14.6. The van der Waals surface area contributed by atoms with E-state index >= 15 is 0 Å². The van der Waals surface area contributed by atoms with Gasteiger partial charge >= 0.3 is 0 Å². The predicted octanol–water partition coefficient (Wildman–Crippen LogP) is 2.75. The average Bonchev–Trinajstić information content (AvgIpc) is 3.21. The summed E-state index contributed by atoms with van der Waals surface area (Å²) in [5.74, 6) is 2.58. The highest BCUT2D eigenvalue weighted by molar-refractivity contribution is 5.44. The Labute approximate surface area is 166 Å². The molecule has 3 aromatic rings. The largest absolute Gasteiger partial charge is 0.493 e. The van der Waals surface area contributed by atoms with E-state index in [2.05, 4.69) is 15.2 Å². The number of benzene rings is 2. The van der Waals surface area contributed by atoms with Crippen molar-refractivity contribution >= 4 is 5.69 Å². The molecular formula is C19H21N5O5. The normalized spacial score (nSPS) is 11.7. The first-order chi connectivity index (χ1) is 14.0. The predicted molar refractivity (Wildman–Crippen MR) is 104 cm³/mol. The molecule has 3 rings (SSSR count). The monoisotopic (exact) mass is 399 g/mol. The van der Waals surface area contributed by atoms with Crippen LogP contribution in [0.3, 0.4) is 0 Å². The molecule has 0 aliphatic carbocycles. The molecule has 3 N–H and O–H groups in total. The zero-order valence-corrected chi connectivity index (χ0v) is 16.0. The summed E-state index contributed by atoms with van der Waals surface area (Å²) in [6.45, 7) is 2.54. The number of rotatable bonds is 9. The first-order valence-corrected chi connectivity index (χ1v) is 8.86. The van der Waals surface area contributed by atoms with Crippen LogP contribution in [0.5, 0.6) is 17.2 Å². The van der Waals surface area contributed by atoms with Crippen molar-refractivity contribution < 1.29 is 19.1 Å². The molecule has 2 aromatic carbocycles. The van der Waals surface area contributed by atoms with Crippen molar-refractivity contribution in [1.29, 1.82) is 0 Å². The van der Waals surface area contributed by atoms with E-state index in [0.717, 1.165) is 5.56 Å². The maximum absolute atomic E-state index is 10.7. The molecule has 0 amide bonds. The van der Waals surface area contributed by atoms with E-state index in [1.54, 1.807) is 19.2 Å². The lowest BCUT2D eigenvalue weighted by Gasteiger charge is -2.13. The van der Waals surface area contributed by atoms with Gasteiger partial charge in [-0.2, -0.15) is 5.10 Å². The molecular weight excluding hydrogens is 378 g/mol. The number of H-pyrrole nitrogens is 1. The average molecular weight is 399 g/mol. The van der Waals surface area contributed by atoms with Crippen LogP contribution in [0.25, 0.3) is 0 Å². The van der Waals surface area contributed by atoms with Gasteiger partial charge in [-0.05, 0) is 36.8 Å². The quantitative estimate of drug-likeness (QED) is 0.414. The lowest BCUT2D eigenvalue weighted by atomic mass is 10.1. The fourth-order valence-corrected chi connectivity index (χ4v) is 2.63. The van der Waals surface area contributed by atoms with E-state index in [1.807, 2.05) is 13.0 Å². The van der Waals surface area contributed by atoms with Crippen LogP contribution < -0.4 is 19.9 Å². The summed E-state index contributed by atoms with van der Waals surface area (Å²) in [5.41, 5.74) is 7.05. The van der Waals surface area contributed by atoms with Gasteiger partial charge in [0.2, 0.25) is 0 Å². The second-order valence-electron chi connectivity index (χ2n) is 6.00. The summed E-state index contributed by atoms with van der Waals surface area (Å²) in [7, 11) is 1.56. The third kappa shape index (κ3) is 4.79. The Kier molecular flexibility index (Phi) is 6.25. The van der Waals surface area contributed by atoms with Gasteiger partial charge in [0.15, 0.2) is 23.1 Å². The van der Waals surface area contributed by atoms with Gasteiger partial charge in [-0.1, -0.05) is 6.07 Å². The van der Waals surface area contributed by atoms with Crippen molar-refractivity contribution in [3.05, 3.63) is 69.8 Å². The molecule has 0 unspecified atom stereocenters. The van der Waals surface area contributed by atoms with Gasteiger partial charge in [-0.15, -0.1) is 0 Å². The summed E-state index contributed by atoms with van der Waals surface area (Å²) >= 11 is 0. The Morgan fingerprint density at radius 2 is 1.93 bits per heavy atom.